The largest absolute Gasteiger partial charge is 0.493 e. The maximum absolute atomic E-state index is 10.2. The lowest BCUT2D eigenvalue weighted by Gasteiger charge is -2.19. The zero-order chi connectivity index (χ0) is 16.4. The Labute approximate surface area is 135 Å². The summed E-state index contributed by atoms with van der Waals surface area (Å²) < 4.78 is 0. The van der Waals surface area contributed by atoms with Crippen molar-refractivity contribution in [3.8, 4) is 11.9 Å². The Hall–Kier alpha value is -2.88. The summed E-state index contributed by atoms with van der Waals surface area (Å²) in [5, 5.41) is 19.5. The van der Waals surface area contributed by atoms with Crippen LogP contribution in [0.4, 0.5) is 0 Å². The summed E-state index contributed by atoms with van der Waals surface area (Å²) in [6.45, 7) is 4.07. The normalized spacial score (nSPS) is 10.9. The molecule has 4 nitrogen and oxygen atoms in total. The lowest BCUT2D eigenvalue weighted by molar-refractivity contribution is 0.392. The van der Waals surface area contributed by atoms with E-state index in [2.05, 4.69) is 9.97 Å². The van der Waals surface area contributed by atoms with Gasteiger partial charge >= 0.3 is 6.01 Å². The Bertz CT molecular complexity index is 766. The molecule has 0 amide bonds. The average Bonchev–Trinajstić information content (AvgIpc) is 2.53. The molecule has 116 valence electrons. The summed E-state index contributed by atoms with van der Waals surface area (Å²) in [5.74, 6) is -0.402. The fourth-order valence-electron chi connectivity index (χ4n) is 2.65. The molecule has 1 aromatic heterocycles. The molecule has 0 unspecified atom stereocenters. The van der Waals surface area contributed by atoms with Crippen molar-refractivity contribution < 1.29 is 10.2 Å². The highest BCUT2D eigenvalue weighted by Gasteiger charge is 2.21. The smallest absolute Gasteiger partial charge is 0.317 e. The van der Waals surface area contributed by atoms with Crippen LogP contribution in [0, 0.1) is 13.8 Å². The van der Waals surface area contributed by atoms with Crippen LogP contribution in [0.25, 0.3) is 0 Å². The molecular formula is C19H18N2O2. The van der Waals surface area contributed by atoms with Gasteiger partial charge in [-0.1, -0.05) is 59.7 Å². The minimum absolute atomic E-state index is 0.197. The van der Waals surface area contributed by atoms with Crippen molar-refractivity contribution in [3.63, 3.8) is 0 Å². The number of aryl methyl sites for hydroxylation is 2. The Morgan fingerprint density at radius 1 is 0.783 bits per heavy atom. The summed E-state index contributed by atoms with van der Waals surface area (Å²) in [7, 11) is 0. The quantitative estimate of drug-likeness (QED) is 0.774. The van der Waals surface area contributed by atoms with E-state index in [1.165, 1.54) is 17.3 Å². The Kier molecular flexibility index (Phi) is 3.98. The van der Waals surface area contributed by atoms with E-state index >= 15 is 0 Å². The SMILES string of the molecule is Cc1ccc(C(c2ccc(C)cc2)c2cnc(O)nc2O)cc1. The second kappa shape index (κ2) is 6.08. The van der Waals surface area contributed by atoms with Crippen molar-refractivity contribution in [3.05, 3.63) is 82.5 Å². The Morgan fingerprint density at radius 2 is 1.26 bits per heavy atom. The summed E-state index contributed by atoms with van der Waals surface area (Å²) in [5.41, 5.74) is 4.97. The maximum Gasteiger partial charge on any atom is 0.317 e. The van der Waals surface area contributed by atoms with Gasteiger partial charge in [-0.25, -0.2) is 4.98 Å². The topological polar surface area (TPSA) is 66.2 Å². The maximum atomic E-state index is 10.2. The fraction of sp³-hybridized carbons (Fsp3) is 0.158. The Morgan fingerprint density at radius 3 is 1.70 bits per heavy atom. The number of aromatic hydroxyl groups is 2. The molecule has 0 aliphatic rings. The van der Waals surface area contributed by atoms with E-state index in [0.717, 1.165) is 11.1 Å². The van der Waals surface area contributed by atoms with E-state index < -0.39 is 6.01 Å². The second-order valence-corrected chi connectivity index (χ2v) is 5.70. The van der Waals surface area contributed by atoms with Crippen molar-refractivity contribution in [2.75, 3.05) is 0 Å². The van der Waals surface area contributed by atoms with Crippen LogP contribution >= 0.6 is 0 Å². The number of rotatable bonds is 3. The molecule has 2 N–H and O–H groups in total. The predicted octanol–water partition coefficient (Wildman–Crippen LogP) is 3.68. The zero-order valence-electron chi connectivity index (χ0n) is 13.1. The molecule has 0 radical (unpaired) electrons. The summed E-state index contributed by atoms with van der Waals surface area (Å²) in [6, 6.07) is 15.8. The van der Waals surface area contributed by atoms with Crippen LogP contribution < -0.4 is 0 Å². The fourth-order valence-corrected chi connectivity index (χ4v) is 2.65. The summed E-state index contributed by atoms with van der Waals surface area (Å²) in [4.78, 5) is 7.51. The van der Waals surface area contributed by atoms with Crippen LogP contribution in [0.1, 0.15) is 33.7 Å². The minimum atomic E-state index is -0.433. The van der Waals surface area contributed by atoms with E-state index in [-0.39, 0.29) is 11.8 Å². The summed E-state index contributed by atoms with van der Waals surface area (Å²) in [6.07, 6.45) is 1.47. The van der Waals surface area contributed by atoms with Crippen molar-refractivity contribution in [2.24, 2.45) is 0 Å². The van der Waals surface area contributed by atoms with Gasteiger partial charge in [-0.15, -0.1) is 0 Å². The molecule has 4 heteroatoms. The van der Waals surface area contributed by atoms with E-state index in [9.17, 15) is 10.2 Å². The van der Waals surface area contributed by atoms with Crippen molar-refractivity contribution in [1.29, 1.82) is 0 Å². The molecule has 3 rings (SSSR count). The van der Waals surface area contributed by atoms with Gasteiger partial charge in [-0.05, 0) is 25.0 Å². The first-order valence-electron chi connectivity index (χ1n) is 7.42. The van der Waals surface area contributed by atoms with E-state index in [4.69, 9.17) is 0 Å². The lowest BCUT2D eigenvalue weighted by atomic mass is 9.85. The van der Waals surface area contributed by atoms with Crippen LogP contribution in [-0.4, -0.2) is 20.2 Å². The molecule has 0 saturated heterocycles. The first-order valence-corrected chi connectivity index (χ1v) is 7.42. The third kappa shape index (κ3) is 3.16. The number of hydrogen-bond acceptors (Lipinski definition) is 4. The molecule has 2 aromatic carbocycles. The van der Waals surface area contributed by atoms with Crippen LogP contribution in [0.15, 0.2) is 54.7 Å². The molecule has 0 atom stereocenters. The molecule has 0 fully saturated rings. The van der Waals surface area contributed by atoms with Gasteiger partial charge in [0.15, 0.2) is 0 Å². The number of hydrogen-bond donors (Lipinski definition) is 2. The number of aromatic nitrogens is 2. The zero-order valence-corrected chi connectivity index (χ0v) is 13.1. The van der Waals surface area contributed by atoms with E-state index in [1.807, 2.05) is 62.4 Å². The molecule has 0 saturated carbocycles. The first-order chi connectivity index (χ1) is 11.0. The standard InChI is InChI=1S/C19H18N2O2/c1-12-3-7-14(8-4-12)17(15-9-5-13(2)6-10-15)16-11-20-19(23)21-18(16)22/h3-11,17H,1-2H3,(H2,20,21,22,23). The van der Waals surface area contributed by atoms with Crippen molar-refractivity contribution >= 4 is 0 Å². The third-order valence-corrected chi connectivity index (χ3v) is 3.92. The van der Waals surface area contributed by atoms with Gasteiger partial charge in [-0.3, -0.25) is 0 Å². The van der Waals surface area contributed by atoms with Crippen LogP contribution in [0.5, 0.6) is 11.9 Å². The van der Waals surface area contributed by atoms with Gasteiger partial charge in [0.25, 0.3) is 0 Å². The van der Waals surface area contributed by atoms with Gasteiger partial charge in [0.05, 0.1) is 0 Å². The monoisotopic (exact) mass is 306 g/mol. The van der Waals surface area contributed by atoms with Gasteiger partial charge in [0, 0.05) is 17.7 Å². The molecule has 0 bridgehead atoms. The molecule has 0 spiro atoms. The highest BCUT2D eigenvalue weighted by atomic mass is 16.3. The minimum Gasteiger partial charge on any atom is -0.493 e. The van der Waals surface area contributed by atoms with Crippen LogP contribution in [-0.2, 0) is 0 Å². The molecule has 0 aliphatic carbocycles. The second-order valence-electron chi connectivity index (χ2n) is 5.70. The van der Waals surface area contributed by atoms with Gasteiger partial charge in [0.1, 0.15) is 0 Å². The first kappa shape index (κ1) is 15.0. The summed E-state index contributed by atoms with van der Waals surface area (Å²) >= 11 is 0. The van der Waals surface area contributed by atoms with Gasteiger partial charge < -0.3 is 10.2 Å². The molecular weight excluding hydrogens is 288 g/mol. The molecule has 23 heavy (non-hydrogen) atoms. The number of benzene rings is 2. The van der Waals surface area contributed by atoms with Crippen LogP contribution in [0.3, 0.4) is 0 Å². The van der Waals surface area contributed by atoms with Crippen molar-refractivity contribution in [1.82, 2.24) is 9.97 Å². The van der Waals surface area contributed by atoms with E-state index in [1.54, 1.807) is 0 Å². The highest BCUT2D eigenvalue weighted by Crippen LogP contribution is 2.36. The highest BCUT2D eigenvalue weighted by molar-refractivity contribution is 5.46. The number of nitrogens with zero attached hydrogens (tertiary/aromatic N) is 2. The van der Waals surface area contributed by atoms with Gasteiger partial charge in [0.2, 0.25) is 5.88 Å². The molecule has 3 aromatic rings. The van der Waals surface area contributed by atoms with Crippen molar-refractivity contribution in [2.45, 2.75) is 19.8 Å². The molecule has 1 heterocycles. The molecule has 0 aliphatic heterocycles. The lowest BCUT2D eigenvalue weighted by Crippen LogP contribution is -2.05. The Balaban J connectivity index is 2.16. The van der Waals surface area contributed by atoms with E-state index in [0.29, 0.717) is 5.56 Å². The van der Waals surface area contributed by atoms with Crippen LogP contribution in [0.2, 0.25) is 0 Å². The predicted molar refractivity (Wildman–Crippen MR) is 88.7 cm³/mol. The van der Waals surface area contributed by atoms with Gasteiger partial charge in [-0.2, -0.15) is 4.98 Å². The average molecular weight is 306 g/mol. The third-order valence-electron chi connectivity index (χ3n) is 3.92.